The van der Waals surface area contributed by atoms with E-state index in [1.54, 1.807) is 41.5 Å². The number of nitrogens with two attached hydrogens (primary N) is 2. The Labute approximate surface area is 334 Å². The van der Waals surface area contributed by atoms with Gasteiger partial charge in [-0.1, -0.05) is 0 Å². The number of morpholine rings is 3. The van der Waals surface area contributed by atoms with E-state index in [2.05, 4.69) is 25.3 Å². The van der Waals surface area contributed by atoms with Gasteiger partial charge in [0.05, 0.1) is 52.7 Å². The van der Waals surface area contributed by atoms with Gasteiger partial charge in [-0.25, -0.2) is 9.59 Å². The van der Waals surface area contributed by atoms with E-state index in [4.69, 9.17) is 40.3 Å². The lowest BCUT2D eigenvalue weighted by atomic mass is 10.2. The predicted molar refractivity (Wildman–Crippen MR) is 212 cm³/mol. The third kappa shape index (κ3) is 36.7. The zero-order valence-corrected chi connectivity index (χ0v) is 35.0. The van der Waals surface area contributed by atoms with Crippen LogP contribution < -0.4 is 22.1 Å². The van der Waals surface area contributed by atoms with E-state index in [0.29, 0.717) is 12.8 Å². The second kappa shape index (κ2) is 32.4. The molecule has 0 saturated carbocycles. The van der Waals surface area contributed by atoms with E-state index in [-0.39, 0.29) is 37.1 Å². The maximum atomic E-state index is 11.6. The fourth-order valence-electron chi connectivity index (χ4n) is 4.79. The second-order valence-electron chi connectivity index (χ2n) is 14.7. The van der Waals surface area contributed by atoms with Gasteiger partial charge in [0.2, 0.25) is 0 Å². The van der Waals surface area contributed by atoms with Gasteiger partial charge in [0.1, 0.15) is 23.5 Å². The quantitative estimate of drug-likeness (QED) is 0.156. The van der Waals surface area contributed by atoms with Crippen molar-refractivity contribution in [3.63, 3.8) is 0 Å². The molecule has 3 aliphatic rings. The number of carboxylic acids is 1. The molecule has 2 amide bonds. The molecule has 3 aliphatic heterocycles. The summed E-state index contributed by atoms with van der Waals surface area (Å²) in [5.74, 6) is -0.904. The van der Waals surface area contributed by atoms with E-state index in [0.717, 1.165) is 118 Å². The fourth-order valence-corrected chi connectivity index (χ4v) is 4.79. The monoisotopic (exact) mass is 813 g/mol. The fraction of sp³-hybridized carbons (Fsp3) is 0.861. The molecule has 0 bridgehead atoms. The molecule has 19 heteroatoms. The number of alkyl carbamates (subject to hydrolysis) is 2. The van der Waals surface area contributed by atoms with Crippen molar-refractivity contribution in [1.29, 1.82) is 0 Å². The van der Waals surface area contributed by atoms with Crippen LogP contribution >= 0.6 is 12.4 Å². The minimum Gasteiger partial charge on any atom is -0.480 e. The minimum absolute atomic E-state index is 0. The van der Waals surface area contributed by atoms with Gasteiger partial charge in [-0.15, -0.1) is 12.4 Å². The van der Waals surface area contributed by atoms with Crippen molar-refractivity contribution in [2.45, 2.75) is 78.4 Å². The third-order valence-corrected chi connectivity index (χ3v) is 7.46. The van der Waals surface area contributed by atoms with Crippen LogP contribution in [0.2, 0.25) is 0 Å². The number of ketones is 2. The van der Waals surface area contributed by atoms with E-state index < -0.39 is 35.9 Å². The van der Waals surface area contributed by atoms with Gasteiger partial charge in [-0.2, -0.15) is 0 Å². The molecule has 55 heavy (non-hydrogen) atoms. The highest BCUT2D eigenvalue weighted by molar-refractivity contribution is 5.85. The number of rotatable bonds is 15. The zero-order valence-electron chi connectivity index (χ0n) is 34.2. The van der Waals surface area contributed by atoms with E-state index in [9.17, 15) is 24.0 Å². The van der Waals surface area contributed by atoms with Crippen molar-refractivity contribution in [3.05, 3.63) is 0 Å². The minimum atomic E-state index is -1.10. The van der Waals surface area contributed by atoms with Crippen LogP contribution in [0.5, 0.6) is 0 Å². The Morgan fingerprint density at radius 1 is 0.600 bits per heavy atom. The SMILES string of the molecule is CC(C)(C)OC(=O)NCC(=O)CCCN1CCOCC1.CC(C)(C)OC(=O)NCC(=O)O.Cl.NCC(=O)CCCN1CCOCC1.NCCN1CCOCC1. The van der Waals surface area contributed by atoms with Crippen LogP contribution in [-0.2, 0) is 38.1 Å². The number of nitrogens with zero attached hydrogens (tertiary/aromatic N) is 3. The van der Waals surface area contributed by atoms with Crippen molar-refractivity contribution >= 4 is 42.1 Å². The molecule has 7 N–H and O–H groups in total. The number of hydrogen-bond acceptors (Lipinski definition) is 15. The number of Topliss-reactive ketones (excluding diaryl/α,β-unsaturated/α-hetero) is 2. The number of hydrogen-bond donors (Lipinski definition) is 5. The smallest absolute Gasteiger partial charge is 0.408 e. The van der Waals surface area contributed by atoms with Gasteiger partial charge in [0, 0.05) is 65.2 Å². The normalized spacial score (nSPS) is 16.5. The summed E-state index contributed by atoms with van der Waals surface area (Å²) < 4.78 is 25.5. The predicted octanol–water partition coefficient (Wildman–Crippen LogP) is 1.11. The van der Waals surface area contributed by atoms with Crippen molar-refractivity contribution in [2.24, 2.45) is 11.5 Å². The van der Waals surface area contributed by atoms with Crippen LogP contribution in [0.1, 0.15) is 67.2 Å². The molecule has 3 fully saturated rings. The molecule has 3 heterocycles. The first kappa shape index (κ1) is 54.4. The highest BCUT2D eigenvalue weighted by Crippen LogP contribution is 2.07. The lowest BCUT2D eigenvalue weighted by Gasteiger charge is -2.26. The van der Waals surface area contributed by atoms with Gasteiger partial charge in [-0.3, -0.25) is 29.1 Å². The van der Waals surface area contributed by atoms with Crippen molar-refractivity contribution < 1.29 is 52.8 Å². The summed E-state index contributed by atoms with van der Waals surface area (Å²) in [6.07, 6.45) is 1.58. The Morgan fingerprint density at radius 2 is 0.945 bits per heavy atom. The van der Waals surface area contributed by atoms with Crippen LogP contribution in [0.25, 0.3) is 0 Å². The third-order valence-electron chi connectivity index (χ3n) is 7.46. The topological polar surface area (TPSA) is 238 Å². The summed E-state index contributed by atoms with van der Waals surface area (Å²) in [5.41, 5.74) is 9.45. The Morgan fingerprint density at radius 3 is 1.27 bits per heavy atom. The molecular formula is C36H72ClN7O11. The number of ether oxygens (including phenoxy) is 5. The number of halogens is 1. The van der Waals surface area contributed by atoms with Crippen LogP contribution in [0.15, 0.2) is 0 Å². The lowest BCUT2D eigenvalue weighted by Crippen LogP contribution is -2.39. The highest BCUT2D eigenvalue weighted by atomic mass is 35.5. The number of nitrogens with one attached hydrogen (secondary N) is 2. The van der Waals surface area contributed by atoms with Gasteiger partial charge in [-0.05, 0) is 67.5 Å². The summed E-state index contributed by atoms with van der Waals surface area (Å²) >= 11 is 0. The number of carbonyl (C=O) groups is 5. The summed E-state index contributed by atoms with van der Waals surface area (Å²) in [4.78, 5) is 61.6. The van der Waals surface area contributed by atoms with Crippen LogP contribution in [0.4, 0.5) is 9.59 Å². The average molecular weight is 814 g/mol. The molecule has 0 spiro atoms. The maximum absolute atomic E-state index is 11.6. The van der Waals surface area contributed by atoms with Gasteiger partial charge in [0.15, 0.2) is 5.78 Å². The first-order valence-corrected chi connectivity index (χ1v) is 18.9. The Hall–Kier alpha value is -2.68. The average Bonchev–Trinajstić information content (AvgIpc) is 3.11. The molecule has 18 nitrogen and oxygen atoms in total. The van der Waals surface area contributed by atoms with Gasteiger partial charge < -0.3 is 50.9 Å². The van der Waals surface area contributed by atoms with Crippen LogP contribution in [0, 0.1) is 0 Å². The first-order valence-electron chi connectivity index (χ1n) is 18.9. The molecule has 0 aromatic rings. The van der Waals surface area contributed by atoms with E-state index in [1.807, 2.05) is 0 Å². The highest BCUT2D eigenvalue weighted by Gasteiger charge is 2.18. The number of aliphatic carboxylic acids is 1. The van der Waals surface area contributed by atoms with Crippen molar-refractivity contribution in [3.8, 4) is 0 Å². The summed E-state index contributed by atoms with van der Waals surface area (Å²) in [6.45, 7) is 24.9. The molecule has 0 radical (unpaired) electrons. The molecule has 0 aromatic carbocycles. The Balaban J connectivity index is 0. The largest absolute Gasteiger partial charge is 0.480 e. The number of amides is 2. The van der Waals surface area contributed by atoms with Crippen LogP contribution in [-0.4, -0.2) is 185 Å². The molecule has 0 unspecified atom stereocenters. The second-order valence-corrected chi connectivity index (χ2v) is 14.7. The molecular weight excluding hydrogens is 742 g/mol. The van der Waals surface area contributed by atoms with Crippen LogP contribution in [0.3, 0.4) is 0 Å². The van der Waals surface area contributed by atoms with E-state index in [1.165, 1.54) is 0 Å². The molecule has 0 aliphatic carbocycles. The van der Waals surface area contributed by atoms with Gasteiger partial charge >= 0.3 is 18.2 Å². The first-order chi connectivity index (χ1) is 25.4. The van der Waals surface area contributed by atoms with E-state index >= 15 is 0 Å². The van der Waals surface area contributed by atoms with Crippen molar-refractivity contribution in [2.75, 3.05) is 125 Å². The number of carboxylic acid groups (broad SMARTS) is 1. The molecule has 0 aromatic heterocycles. The Kier molecular flexibility index (Phi) is 32.1. The standard InChI is InChI=1S/C14H26N2O4.C9H18N2O2.C7H13NO4.C6H14N2O.ClH/c1-14(2,3)20-13(18)15-11-12(17)5-4-6-16-7-9-19-10-8-16;10-8-9(12)2-1-3-11-4-6-13-7-5-11;1-7(2,3)12-6(11)8-4-5(9)10;7-1-2-8-3-5-9-6-4-8;/h4-11H2,1-3H3,(H,15,18);1-8,10H2;4H2,1-3H3,(H,8,11)(H,9,10);1-7H2;1H. The molecule has 3 rings (SSSR count). The summed E-state index contributed by atoms with van der Waals surface area (Å²) in [6, 6.07) is 0. The maximum Gasteiger partial charge on any atom is 0.408 e. The number of carbonyl (C=O) groups excluding carboxylic acids is 4. The zero-order chi connectivity index (χ0) is 40.8. The summed E-state index contributed by atoms with van der Waals surface area (Å²) in [7, 11) is 0. The Bertz CT molecular complexity index is 1040. The molecule has 3 saturated heterocycles. The lowest BCUT2D eigenvalue weighted by molar-refractivity contribution is -0.136. The van der Waals surface area contributed by atoms with Crippen molar-refractivity contribution in [1.82, 2.24) is 25.3 Å². The molecule has 324 valence electrons. The molecule has 0 atom stereocenters. The summed E-state index contributed by atoms with van der Waals surface area (Å²) in [5, 5.41) is 12.8. The van der Waals surface area contributed by atoms with Gasteiger partial charge in [0.25, 0.3) is 0 Å².